The van der Waals surface area contributed by atoms with Crippen molar-refractivity contribution in [1.29, 1.82) is 0 Å². The molecule has 1 N–H and O–H groups in total. The average molecular weight is 214 g/mol. The molecule has 16 heavy (non-hydrogen) atoms. The minimum atomic E-state index is -0.136. The van der Waals surface area contributed by atoms with Crippen LogP contribution in [0.4, 0.5) is 5.82 Å². The molecule has 0 saturated heterocycles. The smallest absolute Gasteiger partial charge is 0.222 e. The molecule has 0 aliphatic rings. The first-order chi connectivity index (χ1) is 7.75. The standard InChI is InChI=1S/C11H10N4O/c1-8(16)15-11-3-2-9(6-14-11)10-4-12-7-13-5-10/h2-7H,1H3,(H,14,15,16). The molecule has 1 amide bonds. The van der Waals surface area contributed by atoms with Gasteiger partial charge in [-0.05, 0) is 12.1 Å². The van der Waals surface area contributed by atoms with E-state index in [2.05, 4.69) is 20.3 Å². The maximum Gasteiger partial charge on any atom is 0.222 e. The molecule has 0 aliphatic carbocycles. The van der Waals surface area contributed by atoms with Gasteiger partial charge in [-0.1, -0.05) is 0 Å². The van der Waals surface area contributed by atoms with Gasteiger partial charge < -0.3 is 5.32 Å². The summed E-state index contributed by atoms with van der Waals surface area (Å²) in [7, 11) is 0. The van der Waals surface area contributed by atoms with Crippen LogP contribution < -0.4 is 5.32 Å². The predicted molar refractivity (Wildman–Crippen MR) is 59.6 cm³/mol. The molecule has 2 rings (SSSR count). The Morgan fingerprint density at radius 3 is 2.44 bits per heavy atom. The Hall–Kier alpha value is -2.30. The van der Waals surface area contributed by atoms with Crippen LogP contribution in [0, 0.1) is 0 Å². The first-order valence-electron chi connectivity index (χ1n) is 4.75. The van der Waals surface area contributed by atoms with Crippen molar-refractivity contribution >= 4 is 11.7 Å². The third kappa shape index (κ3) is 2.38. The van der Waals surface area contributed by atoms with Gasteiger partial charge in [-0.15, -0.1) is 0 Å². The quantitative estimate of drug-likeness (QED) is 0.822. The SMILES string of the molecule is CC(=O)Nc1ccc(-c2cncnc2)cn1. The van der Waals surface area contributed by atoms with Gasteiger partial charge in [-0.3, -0.25) is 4.79 Å². The van der Waals surface area contributed by atoms with E-state index in [9.17, 15) is 4.79 Å². The second kappa shape index (κ2) is 4.48. The summed E-state index contributed by atoms with van der Waals surface area (Å²) < 4.78 is 0. The number of anilines is 1. The molecule has 0 aromatic carbocycles. The lowest BCUT2D eigenvalue weighted by Gasteiger charge is -2.02. The number of nitrogens with zero attached hydrogens (tertiary/aromatic N) is 3. The molecule has 2 aromatic rings. The Morgan fingerprint density at radius 1 is 1.12 bits per heavy atom. The van der Waals surface area contributed by atoms with E-state index < -0.39 is 0 Å². The van der Waals surface area contributed by atoms with Gasteiger partial charge in [0.1, 0.15) is 12.1 Å². The number of aromatic nitrogens is 3. The maximum atomic E-state index is 10.8. The van der Waals surface area contributed by atoms with Crippen molar-refractivity contribution in [2.75, 3.05) is 5.32 Å². The van der Waals surface area contributed by atoms with Gasteiger partial charge >= 0.3 is 0 Å². The van der Waals surface area contributed by atoms with Crippen LogP contribution >= 0.6 is 0 Å². The fourth-order valence-electron chi connectivity index (χ4n) is 1.27. The zero-order valence-corrected chi connectivity index (χ0v) is 8.71. The van der Waals surface area contributed by atoms with Crippen molar-refractivity contribution in [3.8, 4) is 11.1 Å². The van der Waals surface area contributed by atoms with E-state index in [4.69, 9.17) is 0 Å². The molecule has 2 heterocycles. The lowest BCUT2D eigenvalue weighted by Crippen LogP contribution is -2.06. The number of amides is 1. The van der Waals surface area contributed by atoms with E-state index in [-0.39, 0.29) is 5.91 Å². The summed E-state index contributed by atoms with van der Waals surface area (Å²) in [5.74, 6) is 0.399. The second-order valence-electron chi connectivity index (χ2n) is 3.24. The molecule has 0 bridgehead atoms. The number of hydrogen-bond acceptors (Lipinski definition) is 4. The minimum Gasteiger partial charge on any atom is -0.311 e. The highest BCUT2D eigenvalue weighted by Gasteiger charge is 2.00. The molecule has 0 unspecified atom stereocenters. The topological polar surface area (TPSA) is 67.8 Å². The van der Waals surface area contributed by atoms with Crippen LogP contribution in [0.2, 0.25) is 0 Å². The molecular formula is C11H10N4O. The number of nitrogens with one attached hydrogen (secondary N) is 1. The summed E-state index contributed by atoms with van der Waals surface area (Å²) in [6.45, 7) is 1.45. The van der Waals surface area contributed by atoms with E-state index in [1.54, 1.807) is 24.7 Å². The Labute approximate surface area is 92.6 Å². The average Bonchev–Trinajstić information content (AvgIpc) is 2.30. The van der Waals surface area contributed by atoms with E-state index in [0.717, 1.165) is 11.1 Å². The van der Waals surface area contributed by atoms with Crippen LogP contribution in [0.3, 0.4) is 0 Å². The van der Waals surface area contributed by atoms with Crippen LogP contribution in [0.15, 0.2) is 37.1 Å². The van der Waals surface area contributed by atoms with Gasteiger partial charge in [0.2, 0.25) is 5.91 Å². The molecule has 80 valence electrons. The fourth-order valence-corrected chi connectivity index (χ4v) is 1.27. The summed E-state index contributed by atoms with van der Waals surface area (Å²) in [4.78, 5) is 22.8. The highest BCUT2D eigenvalue weighted by atomic mass is 16.1. The van der Waals surface area contributed by atoms with E-state index in [1.165, 1.54) is 13.3 Å². The van der Waals surface area contributed by atoms with Crippen LogP contribution in [-0.2, 0) is 4.79 Å². The molecule has 0 aliphatic heterocycles. The first-order valence-corrected chi connectivity index (χ1v) is 4.75. The summed E-state index contributed by atoms with van der Waals surface area (Å²) in [5.41, 5.74) is 1.80. The Balaban J connectivity index is 2.23. The highest BCUT2D eigenvalue weighted by molar-refractivity contribution is 5.87. The number of carbonyl (C=O) groups is 1. The molecule has 0 saturated carbocycles. The van der Waals surface area contributed by atoms with E-state index in [1.807, 2.05) is 6.07 Å². The third-order valence-corrected chi connectivity index (χ3v) is 1.96. The molecule has 0 fully saturated rings. The zero-order valence-electron chi connectivity index (χ0n) is 8.71. The lowest BCUT2D eigenvalue weighted by atomic mass is 10.1. The summed E-state index contributed by atoms with van der Waals surface area (Å²) in [6, 6.07) is 3.60. The fraction of sp³-hybridized carbons (Fsp3) is 0.0909. The number of hydrogen-bond donors (Lipinski definition) is 1. The minimum absolute atomic E-state index is 0.136. The molecule has 2 aromatic heterocycles. The summed E-state index contributed by atoms with van der Waals surface area (Å²) in [6.07, 6.45) is 6.57. The van der Waals surface area contributed by atoms with Gasteiger partial charge in [0.05, 0.1) is 0 Å². The molecule has 0 spiro atoms. The molecular weight excluding hydrogens is 204 g/mol. The molecule has 5 nitrogen and oxygen atoms in total. The van der Waals surface area contributed by atoms with Crippen LogP contribution in [-0.4, -0.2) is 20.9 Å². The van der Waals surface area contributed by atoms with Crippen LogP contribution in [0.1, 0.15) is 6.92 Å². The van der Waals surface area contributed by atoms with Crippen molar-refractivity contribution in [3.63, 3.8) is 0 Å². The van der Waals surface area contributed by atoms with Crippen molar-refractivity contribution in [1.82, 2.24) is 15.0 Å². The Morgan fingerprint density at radius 2 is 1.88 bits per heavy atom. The van der Waals surface area contributed by atoms with Gasteiger partial charge in [-0.2, -0.15) is 0 Å². The second-order valence-corrected chi connectivity index (χ2v) is 3.24. The van der Waals surface area contributed by atoms with E-state index in [0.29, 0.717) is 5.82 Å². The van der Waals surface area contributed by atoms with Crippen molar-refractivity contribution < 1.29 is 4.79 Å². The molecule has 5 heteroatoms. The predicted octanol–water partition coefficient (Wildman–Crippen LogP) is 1.50. The Bertz CT molecular complexity index is 481. The van der Waals surface area contributed by atoms with Gasteiger partial charge in [0.25, 0.3) is 0 Å². The number of carbonyl (C=O) groups excluding carboxylic acids is 1. The first kappa shape index (κ1) is 10.2. The maximum absolute atomic E-state index is 10.8. The summed E-state index contributed by atoms with van der Waals surface area (Å²) in [5, 5.41) is 2.60. The number of rotatable bonds is 2. The normalized spacial score (nSPS) is 9.81. The van der Waals surface area contributed by atoms with Gasteiger partial charge in [0, 0.05) is 36.6 Å². The van der Waals surface area contributed by atoms with Crippen molar-refractivity contribution in [2.45, 2.75) is 6.92 Å². The van der Waals surface area contributed by atoms with Crippen molar-refractivity contribution in [2.24, 2.45) is 0 Å². The van der Waals surface area contributed by atoms with Gasteiger partial charge in [-0.25, -0.2) is 15.0 Å². The lowest BCUT2D eigenvalue weighted by molar-refractivity contribution is -0.114. The summed E-state index contributed by atoms with van der Waals surface area (Å²) >= 11 is 0. The Kier molecular flexibility index (Phi) is 2.86. The van der Waals surface area contributed by atoms with Crippen LogP contribution in [0.5, 0.6) is 0 Å². The molecule has 0 atom stereocenters. The highest BCUT2D eigenvalue weighted by Crippen LogP contribution is 2.17. The van der Waals surface area contributed by atoms with Crippen molar-refractivity contribution in [3.05, 3.63) is 37.1 Å². The number of pyridine rings is 1. The zero-order chi connectivity index (χ0) is 11.4. The van der Waals surface area contributed by atoms with Gasteiger partial charge in [0.15, 0.2) is 0 Å². The monoisotopic (exact) mass is 214 g/mol. The largest absolute Gasteiger partial charge is 0.311 e. The molecule has 0 radical (unpaired) electrons. The third-order valence-electron chi connectivity index (χ3n) is 1.96. The van der Waals surface area contributed by atoms with Crippen LogP contribution in [0.25, 0.3) is 11.1 Å². The van der Waals surface area contributed by atoms with E-state index >= 15 is 0 Å².